The Bertz CT molecular complexity index is 1080. The zero-order valence-electron chi connectivity index (χ0n) is 21.2. The Morgan fingerprint density at radius 1 is 0.917 bits per heavy atom. The van der Waals surface area contributed by atoms with E-state index in [1.807, 2.05) is 17.2 Å². The Morgan fingerprint density at radius 2 is 1.75 bits per heavy atom. The van der Waals surface area contributed by atoms with E-state index in [0.717, 1.165) is 57.2 Å². The Kier molecular flexibility index (Phi) is 8.34. The quantitative estimate of drug-likeness (QED) is 0.442. The highest BCUT2D eigenvalue weighted by Crippen LogP contribution is 2.24. The van der Waals surface area contributed by atoms with E-state index in [-0.39, 0.29) is 5.91 Å². The van der Waals surface area contributed by atoms with Crippen LogP contribution in [0.25, 0.3) is 0 Å². The predicted octanol–water partition coefficient (Wildman–Crippen LogP) is 4.66. The highest BCUT2D eigenvalue weighted by Gasteiger charge is 2.24. The molecule has 6 heteroatoms. The maximum absolute atomic E-state index is 12.7. The molecule has 36 heavy (non-hydrogen) atoms. The first kappa shape index (κ1) is 24.6. The third kappa shape index (κ3) is 6.97. The van der Waals surface area contributed by atoms with Crippen LogP contribution >= 0.6 is 0 Å². The van der Waals surface area contributed by atoms with E-state index in [2.05, 4.69) is 64.6 Å². The highest BCUT2D eigenvalue weighted by atomic mass is 16.5. The van der Waals surface area contributed by atoms with Crippen molar-refractivity contribution >= 4 is 5.91 Å². The molecule has 190 valence electrons. The number of carbonyl (C=O) groups is 1. The summed E-state index contributed by atoms with van der Waals surface area (Å²) in [6.07, 6.45) is 9.41. The third-order valence-corrected chi connectivity index (χ3v) is 7.59. The smallest absolute Gasteiger partial charge is 0.244 e. The largest absolute Gasteiger partial charge is 0.493 e. The summed E-state index contributed by atoms with van der Waals surface area (Å²) in [5.74, 6) is 2.23. The monoisotopic (exact) mass is 486 g/mol. The normalized spacial score (nSPS) is 19.3. The number of hydrogen-bond donors (Lipinski definition) is 0. The van der Waals surface area contributed by atoms with Crippen molar-refractivity contribution in [2.75, 3.05) is 32.8 Å². The van der Waals surface area contributed by atoms with Crippen molar-refractivity contribution in [3.05, 3.63) is 84.2 Å². The van der Waals surface area contributed by atoms with Gasteiger partial charge in [-0.25, -0.2) is 0 Å². The van der Waals surface area contributed by atoms with Crippen LogP contribution in [-0.2, 0) is 24.3 Å². The fourth-order valence-electron chi connectivity index (χ4n) is 5.56. The number of hydrogen-bond acceptors (Lipinski definition) is 4. The lowest BCUT2D eigenvalue weighted by atomic mass is 9.90. The summed E-state index contributed by atoms with van der Waals surface area (Å²) in [6.45, 7) is 5.85. The summed E-state index contributed by atoms with van der Waals surface area (Å²) >= 11 is 0. The van der Waals surface area contributed by atoms with Crippen LogP contribution in [0.4, 0.5) is 0 Å². The molecule has 6 nitrogen and oxygen atoms in total. The molecule has 2 fully saturated rings. The molecule has 2 aromatic carbocycles. The van der Waals surface area contributed by atoms with E-state index in [9.17, 15) is 4.79 Å². The number of carbonyl (C=O) groups excluding carboxylic acids is 1. The molecule has 1 atom stereocenters. The van der Waals surface area contributed by atoms with Crippen LogP contribution in [0.3, 0.4) is 0 Å². The lowest BCUT2D eigenvalue weighted by molar-refractivity contribution is -0.134. The van der Waals surface area contributed by atoms with Crippen molar-refractivity contribution in [2.45, 2.75) is 45.2 Å². The number of ether oxygens (including phenoxy) is 1. The first-order valence-corrected chi connectivity index (χ1v) is 13.4. The van der Waals surface area contributed by atoms with Crippen molar-refractivity contribution in [3.63, 3.8) is 0 Å². The number of rotatable bonds is 9. The van der Waals surface area contributed by atoms with Gasteiger partial charge in [-0.3, -0.25) is 14.4 Å². The summed E-state index contributed by atoms with van der Waals surface area (Å²) in [5, 5.41) is 4.16. The average Bonchev–Trinajstić information content (AvgIpc) is 3.43. The zero-order valence-corrected chi connectivity index (χ0v) is 21.2. The number of nitrogens with zero attached hydrogens (tertiary/aromatic N) is 4. The van der Waals surface area contributed by atoms with Crippen LogP contribution in [0.1, 0.15) is 36.8 Å². The van der Waals surface area contributed by atoms with Crippen LogP contribution in [0.5, 0.6) is 5.75 Å². The summed E-state index contributed by atoms with van der Waals surface area (Å²) in [7, 11) is 0. The molecule has 0 N–H and O–H groups in total. The van der Waals surface area contributed by atoms with Crippen molar-refractivity contribution < 1.29 is 9.53 Å². The van der Waals surface area contributed by atoms with Crippen LogP contribution in [0.2, 0.25) is 0 Å². The van der Waals surface area contributed by atoms with Gasteiger partial charge in [0.2, 0.25) is 5.91 Å². The van der Waals surface area contributed by atoms with Gasteiger partial charge in [0.25, 0.3) is 0 Å². The maximum Gasteiger partial charge on any atom is 0.244 e. The molecule has 1 amide bonds. The molecule has 1 unspecified atom stereocenters. The first-order chi connectivity index (χ1) is 17.7. The molecule has 0 radical (unpaired) electrons. The molecular formula is C30H38N4O2. The lowest BCUT2D eigenvalue weighted by Gasteiger charge is -2.33. The zero-order chi connectivity index (χ0) is 24.6. The van der Waals surface area contributed by atoms with Gasteiger partial charge in [-0.1, -0.05) is 42.5 Å². The molecule has 0 spiro atoms. The average molecular weight is 487 g/mol. The fourth-order valence-corrected chi connectivity index (χ4v) is 5.56. The molecule has 2 aliphatic rings. The van der Waals surface area contributed by atoms with Gasteiger partial charge >= 0.3 is 0 Å². The van der Waals surface area contributed by atoms with Crippen molar-refractivity contribution in [2.24, 2.45) is 11.8 Å². The lowest BCUT2D eigenvalue weighted by Crippen LogP contribution is -2.43. The summed E-state index contributed by atoms with van der Waals surface area (Å²) in [4.78, 5) is 17.2. The Labute approximate surface area is 214 Å². The molecule has 0 aliphatic carbocycles. The molecule has 1 aromatic heterocycles. The predicted molar refractivity (Wildman–Crippen MR) is 142 cm³/mol. The Morgan fingerprint density at radius 3 is 2.56 bits per heavy atom. The second-order valence-corrected chi connectivity index (χ2v) is 10.4. The molecule has 0 saturated carbocycles. The van der Waals surface area contributed by atoms with Gasteiger partial charge in [-0.05, 0) is 80.4 Å². The summed E-state index contributed by atoms with van der Waals surface area (Å²) in [5.41, 5.74) is 2.78. The van der Waals surface area contributed by atoms with Crippen LogP contribution < -0.4 is 4.74 Å². The van der Waals surface area contributed by atoms with Crippen LogP contribution in [0.15, 0.2) is 73.1 Å². The minimum Gasteiger partial charge on any atom is -0.493 e. The number of likely N-dealkylation sites (tertiary alicyclic amines) is 2. The van der Waals surface area contributed by atoms with E-state index in [1.54, 1.807) is 10.9 Å². The second-order valence-electron chi connectivity index (χ2n) is 10.4. The standard InChI is InChI=1S/C30H38N4O2/c35-30(23-34-16-6-14-31-34)33-15-5-10-28(22-33)24-36-29-11-4-9-27(20-29)21-32-17-12-26(13-18-32)19-25-7-2-1-3-8-25/h1-4,6-9,11,14,16,20,26,28H,5,10,12-13,15,17-19,21-24H2. The van der Waals surface area contributed by atoms with Crippen LogP contribution in [-0.4, -0.2) is 58.3 Å². The van der Waals surface area contributed by atoms with E-state index in [4.69, 9.17) is 4.74 Å². The van der Waals surface area contributed by atoms with Crippen molar-refractivity contribution in [3.8, 4) is 5.75 Å². The Balaban J connectivity index is 1.06. The maximum atomic E-state index is 12.7. The SMILES string of the molecule is O=C(Cn1cccn1)N1CCCC(COc2cccc(CN3CCC(Cc4ccccc4)CC3)c2)C1. The van der Waals surface area contributed by atoms with Gasteiger partial charge in [0, 0.05) is 37.9 Å². The highest BCUT2D eigenvalue weighted by molar-refractivity contribution is 5.76. The molecule has 2 saturated heterocycles. The van der Waals surface area contributed by atoms with E-state index < -0.39 is 0 Å². The topological polar surface area (TPSA) is 50.6 Å². The minimum absolute atomic E-state index is 0.137. The second kappa shape index (κ2) is 12.2. The van der Waals surface area contributed by atoms with Gasteiger partial charge in [0.05, 0.1) is 6.61 Å². The Hall–Kier alpha value is -3.12. The fraction of sp³-hybridized carbons (Fsp3) is 0.467. The number of amides is 1. The number of benzene rings is 2. The van der Waals surface area contributed by atoms with Gasteiger partial charge in [0.1, 0.15) is 12.3 Å². The van der Waals surface area contributed by atoms with Crippen LogP contribution in [0, 0.1) is 11.8 Å². The molecule has 5 rings (SSSR count). The van der Waals surface area contributed by atoms with Gasteiger partial charge in [-0.15, -0.1) is 0 Å². The summed E-state index contributed by atoms with van der Waals surface area (Å²) in [6, 6.07) is 21.3. The van der Waals surface area contributed by atoms with Crippen molar-refractivity contribution in [1.29, 1.82) is 0 Å². The minimum atomic E-state index is 0.137. The third-order valence-electron chi connectivity index (χ3n) is 7.59. The number of piperidine rings is 2. The van der Waals surface area contributed by atoms with Gasteiger partial charge in [0.15, 0.2) is 0 Å². The number of aromatic nitrogens is 2. The van der Waals surface area contributed by atoms with Crippen molar-refractivity contribution in [1.82, 2.24) is 19.6 Å². The molecular weight excluding hydrogens is 448 g/mol. The van der Waals surface area contributed by atoms with E-state index >= 15 is 0 Å². The molecule has 2 aliphatic heterocycles. The molecule has 3 heterocycles. The van der Waals surface area contributed by atoms with E-state index in [0.29, 0.717) is 19.1 Å². The van der Waals surface area contributed by atoms with E-state index in [1.165, 1.54) is 30.4 Å². The molecule has 0 bridgehead atoms. The van der Waals surface area contributed by atoms with Gasteiger partial charge < -0.3 is 9.64 Å². The molecule has 3 aromatic rings. The summed E-state index contributed by atoms with van der Waals surface area (Å²) < 4.78 is 7.91. The first-order valence-electron chi connectivity index (χ1n) is 13.4. The van der Waals surface area contributed by atoms with Gasteiger partial charge in [-0.2, -0.15) is 5.10 Å².